The molecule has 0 radical (unpaired) electrons. The molecule has 5 heteroatoms. The second kappa shape index (κ2) is 6.09. The largest absolute Gasteiger partial charge is 0.439 e. The number of para-hydroxylation sites is 1. The lowest BCUT2D eigenvalue weighted by Gasteiger charge is -2.62. The molecule has 0 N–H and O–H groups in total. The van der Waals surface area contributed by atoms with Crippen molar-refractivity contribution in [3.05, 3.63) is 72.7 Å². The Morgan fingerprint density at radius 1 is 1.00 bits per heavy atom. The summed E-state index contributed by atoms with van der Waals surface area (Å²) in [6, 6.07) is 16.0. The molecule has 2 aliphatic rings. The van der Waals surface area contributed by atoms with Crippen LogP contribution in [0.1, 0.15) is 30.9 Å². The number of hydrogen-bond acceptors (Lipinski definition) is 5. The summed E-state index contributed by atoms with van der Waals surface area (Å²) in [5.41, 5.74) is 1.61. The molecule has 1 unspecified atom stereocenters. The highest BCUT2D eigenvalue weighted by atomic mass is 16.5. The molecule has 26 heavy (non-hydrogen) atoms. The van der Waals surface area contributed by atoms with Crippen LogP contribution >= 0.6 is 0 Å². The average molecular weight is 344 g/mol. The lowest BCUT2D eigenvalue weighted by Crippen LogP contribution is -2.62. The van der Waals surface area contributed by atoms with Crippen molar-refractivity contribution in [2.45, 2.75) is 25.3 Å². The number of nitrogens with zero attached hydrogens (tertiary/aromatic N) is 4. The van der Waals surface area contributed by atoms with E-state index in [-0.39, 0.29) is 0 Å². The maximum absolute atomic E-state index is 5.88. The quantitative estimate of drug-likeness (QED) is 0.702. The van der Waals surface area contributed by atoms with Crippen molar-refractivity contribution in [2.24, 2.45) is 5.41 Å². The number of pyridine rings is 1. The van der Waals surface area contributed by atoms with Gasteiger partial charge < -0.3 is 9.64 Å². The van der Waals surface area contributed by atoms with Gasteiger partial charge in [-0.05, 0) is 36.6 Å². The molecule has 0 bridgehead atoms. The van der Waals surface area contributed by atoms with E-state index in [0.717, 1.165) is 18.2 Å². The summed E-state index contributed by atoms with van der Waals surface area (Å²) < 4.78 is 5.88. The van der Waals surface area contributed by atoms with Gasteiger partial charge in [-0.25, -0.2) is 4.98 Å². The van der Waals surface area contributed by atoms with Gasteiger partial charge >= 0.3 is 0 Å². The average Bonchev–Trinajstić information content (AvgIpc) is 2.62. The summed E-state index contributed by atoms with van der Waals surface area (Å²) in [6.07, 6.45) is 9.41. The van der Waals surface area contributed by atoms with E-state index >= 15 is 0 Å². The van der Waals surface area contributed by atoms with Gasteiger partial charge in [-0.3, -0.25) is 4.98 Å². The highest BCUT2D eigenvalue weighted by molar-refractivity contribution is 5.46. The number of rotatable bonds is 4. The third-order valence-corrected chi connectivity index (χ3v) is 5.57. The van der Waals surface area contributed by atoms with Crippen LogP contribution in [0.2, 0.25) is 0 Å². The predicted molar refractivity (Wildman–Crippen MR) is 99.2 cm³/mol. The molecular weight excluding hydrogens is 324 g/mol. The van der Waals surface area contributed by atoms with Crippen molar-refractivity contribution >= 4 is 5.95 Å². The fraction of sp³-hybridized carbons (Fsp3) is 0.286. The molecule has 1 saturated heterocycles. The van der Waals surface area contributed by atoms with E-state index in [1.54, 1.807) is 12.3 Å². The Kier molecular flexibility index (Phi) is 3.59. The second-order valence-corrected chi connectivity index (χ2v) is 7.14. The number of hydrogen-bond donors (Lipinski definition) is 0. The minimum Gasteiger partial charge on any atom is -0.439 e. The molecule has 0 amide bonds. The minimum absolute atomic E-state index is 0.303. The van der Waals surface area contributed by atoms with Crippen molar-refractivity contribution in [3.63, 3.8) is 0 Å². The zero-order chi connectivity index (χ0) is 17.4. The Labute approximate surface area is 152 Å². The van der Waals surface area contributed by atoms with Crippen LogP contribution in [0, 0.1) is 5.41 Å². The Bertz CT molecular complexity index is 896. The molecule has 3 heterocycles. The predicted octanol–water partition coefficient (Wildman–Crippen LogP) is 4.40. The van der Waals surface area contributed by atoms with E-state index in [1.165, 1.54) is 24.8 Å². The first kappa shape index (κ1) is 15.3. The first-order valence-electron chi connectivity index (χ1n) is 9.07. The highest BCUT2D eigenvalue weighted by Crippen LogP contribution is 2.60. The zero-order valence-corrected chi connectivity index (χ0v) is 14.5. The van der Waals surface area contributed by atoms with Crippen LogP contribution in [0.3, 0.4) is 0 Å². The zero-order valence-electron chi connectivity index (χ0n) is 14.5. The van der Waals surface area contributed by atoms with E-state index < -0.39 is 0 Å². The van der Waals surface area contributed by atoms with Gasteiger partial charge in [-0.1, -0.05) is 30.7 Å². The molecule has 5 rings (SSSR count). The van der Waals surface area contributed by atoms with Crippen molar-refractivity contribution in [2.75, 3.05) is 11.4 Å². The molecule has 1 aliphatic heterocycles. The Balaban J connectivity index is 1.43. The fourth-order valence-electron chi connectivity index (χ4n) is 4.19. The molecule has 130 valence electrons. The Morgan fingerprint density at radius 3 is 2.62 bits per heavy atom. The van der Waals surface area contributed by atoms with E-state index in [1.807, 2.05) is 48.8 Å². The number of ether oxygens (including phenoxy) is 1. The third kappa shape index (κ3) is 2.51. The molecule has 2 fully saturated rings. The molecular formula is C21H20N4O. The van der Waals surface area contributed by atoms with Crippen LogP contribution in [-0.4, -0.2) is 21.5 Å². The van der Waals surface area contributed by atoms with Crippen LogP contribution in [0.25, 0.3) is 0 Å². The van der Waals surface area contributed by atoms with Gasteiger partial charge in [0.1, 0.15) is 5.75 Å². The highest BCUT2D eigenvalue weighted by Gasteiger charge is 2.57. The van der Waals surface area contributed by atoms with Crippen molar-refractivity contribution in [3.8, 4) is 11.6 Å². The standard InChI is InChI=1S/C21H20N4O/c1-2-7-17(8-3-1)26-18-9-13-23-20(24-18)25-15-21(10-5-11-21)19(25)16-6-4-12-22-14-16/h1-4,6-9,12-14,19H,5,10-11,15H2. The topological polar surface area (TPSA) is 51.1 Å². The lowest BCUT2D eigenvalue weighted by atomic mass is 9.57. The summed E-state index contributed by atoms with van der Waals surface area (Å²) >= 11 is 0. The molecule has 5 nitrogen and oxygen atoms in total. The maximum Gasteiger partial charge on any atom is 0.229 e. The van der Waals surface area contributed by atoms with Crippen molar-refractivity contribution in [1.82, 2.24) is 15.0 Å². The van der Waals surface area contributed by atoms with Gasteiger partial charge in [0.25, 0.3) is 0 Å². The van der Waals surface area contributed by atoms with Crippen LogP contribution in [-0.2, 0) is 0 Å². The number of anilines is 1. The van der Waals surface area contributed by atoms with Gasteiger partial charge in [0.05, 0.1) is 6.04 Å². The number of benzene rings is 1. The van der Waals surface area contributed by atoms with Crippen LogP contribution in [0.15, 0.2) is 67.1 Å². The number of aromatic nitrogens is 3. The first-order chi connectivity index (χ1) is 12.8. The summed E-state index contributed by atoms with van der Waals surface area (Å²) in [6.45, 7) is 1.00. The molecule has 1 spiro atoms. The van der Waals surface area contributed by atoms with Gasteiger partial charge in [0.2, 0.25) is 11.8 Å². The maximum atomic E-state index is 5.88. The summed E-state index contributed by atoms with van der Waals surface area (Å²) in [7, 11) is 0. The lowest BCUT2D eigenvalue weighted by molar-refractivity contribution is 0.0266. The van der Waals surface area contributed by atoms with E-state index in [9.17, 15) is 0 Å². The molecule has 1 aromatic carbocycles. The Morgan fingerprint density at radius 2 is 1.88 bits per heavy atom. The molecule has 1 atom stereocenters. The van der Waals surface area contributed by atoms with Gasteiger partial charge in [0.15, 0.2) is 0 Å². The normalized spacial score (nSPS) is 20.3. The summed E-state index contributed by atoms with van der Waals surface area (Å²) in [4.78, 5) is 15.8. The van der Waals surface area contributed by atoms with Gasteiger partial charge in [-0.2, -0.15) is 4.98 Å². The van der Waals surface area contributed by atoms with Gasteiger partial charge in [0, 0.05) is 36.6 Å². The smallest absolute Gasteiger partial charge is 0.229 e. The first-order valence-corrected chi connectivity index (χ1v) is 9.07. The Hall–Kier alpha value is -2.95. The molecule has 3 aromatic rings. The summed E-state index contributed by atoms with van der Waals surface area (Å²) in [5, 5.41) is 0. The second-order valence-electron chi connectivity index (χ2n) is 7.14. The third-order valence-electron chi connectivity index (χ3n) is 5.57. The van der Waals surface area contributed by atoms with E-state index in [2.05, 4.69) is 25.9 Å². The monoisotopic (exact) mass is 344 g/mol. The van der Waals surface area contributed by atoms with Crippen LogP contribution in [0.5, 0.6) is 11.6 Å². The fourth-order valence-corrected chi connectivity index (χ4v) is 4.19. The van der Waals surface area contributed by atoms with E-state index in [4.69, 9.17) is 4.74 Å². The van der Waals surface area contributed by atoms with Crippen LogP contribution < -0.4 is 9.64 Å². The minimum atomic E-state index is 0.303. The van der Waals surface area contributed by atoms with E-state index in [0.29, 0.717) is 17.3 Å². The van der Waals surface area contributed by atoms with Crippen molar-refractivity contribution < 1.29 is 4.74 Å². The molecule has 1 saturated carbocycles. The molecule has 1 aliphatic carbocycles. The van der Waals surface area contributed by atoms with Gasteiger partial charge in [-0.15, -0.1) is 0 Å². The van der Waals surface area contributed by atoms with Crippen LogP contribution in [0.4, 0.5) is 5.95 Å². The van der Waals surface area contributed by atoms with Crippen molar-refractivity contribution in [1.29, 1.82) is 0 Å². The summed E-state index contributed by atoms with van der Waals surface area (Å²) in [5.74, 6) is 2.07. The molecule has 2 aromatic heterocycles. The SMILES string of the molecule is c1ccc(Oc2ccnc(N3CC4(CCC4)C3c3cccnc3)n2)cc1.